The van der Waals surface area contributed by atoms with Crippen molar-refractivity contribution in [2.75, 3.05) is 40.8 Å². The highest BCUT2D eigenvalue weighted by atomic mass is 79.9. The largest absolute Gasteiger partial charge is 0.497 e. The maximum atomic E-state index is 13.1. The normalized spacial score (nSPS) is 22.9. The first kappa shape index (κ1) is 23.2. The first-order chi connectivity index (χ1) is 14.1. The van der Waals surface area contributed by atoms with Gasteiger partial charge in [0, 0.05) is 30.0 Å². The van der Waals surface area contributed by atoms with Crippen LogP contribution in [0.3, 0.4) is 0 Å². The van der Waals surface area contributed by atoms with Crippen molar-refractivity contribution < 1.29 is 18.3 Å². The molecule has 0 aromatic heterocycles. The Labute approximate surface area is 187 Å². The van der Waals surface area contributed by atoms with Crippen LogP contribution in [0.1, 0.15) is 17.5 Å². The highest BCUT2D eigenvalue weighted by Crippen LogP contribution is 2.40. The Morgan fingerprint density at radius 2 is 1.97 bits per heavy atom. The summed E-state index contributed by atoms with van der Waals surface area (Å²) in [6.07, 6.45) is 0.330. The summed E-state index contributed by atoms with van der Waals surface area (Å²) in [6, 6.07) is 14.8. The fourth-order valence-electron chi connectivity index (χ4n) is 4.09. The quantitative estimate of drug-likeness (QED) is 0.637. The third kappa shape index (κ3) is 5.23. The summed E-state index contributed by atoms with van der Waals surface area (Å²) in [7, 11) is 1.95. The average molecular weight is 497 g/mol. The molecule has 1 aliphatic rings. The highest BCUT2D eigenvalue weighted by Gasteiger charge is 2.45. The first-order valence-corrected chi connectivity index (χ1v) is 12.3. The number of hydrogen-bond donors (Lipinski definition) is 1. The highest BCUT2D eigenvalue weighted by molar-refractivity contribution is 9.10. The molecule has 1 saturated heterocycles. The predicted octanol–water partition coefficient (Wildman–Crippen LogP) is 3.06. The van der Waals surface area contributed by atoms with Gasteiger partial charge >= 0.3 is 0 Å². The molecule has 30 heavy (non-hydrogen) atoms. The van der Waals surface area contributed by atoms with Gasteiger partial charge in [-0.3, -0.25) is 0 Å². The zero-order chi connectivity index (χ0) is 21.9. The van der Waals surface area contributed by atoms with Gasteiger partial charge in [-0.15, -0.1) is 0 Å². The predicted molar refractivity (Wildman–Crippen MR) is 122 cm³/mol. The van der Waals surface area contributed by atoms with E-state index in [9.17, 15) is 13.5 Å². The number of sulfonamides is 1. The Morgan fingerprint density at radius 1 is 1.23 bits per heavy atom. The van der Waals surface area contributed by atoms with E-state index in [0.29, 0.717) is 18.7 Å². The lowest BCUT2D eigenvalue weighted by Crippen LogP contribution is -2.54. The molecule has 0 spiro atoms. The van der Waals surface area contributed by atoms with Crippen LogP contribution in [0.5, 0.6) is 5.75 Å². The molecule has 3 rings (SSSR count). The molecule has 1 N–H and O–H groups in total. The molecule has 0 saturated carbocycles. The summed E-state index contributed by atoms with van der Waals surface area (Å²) in [5.41, 5.74) is 0.376. The van der Waals surface area contributed by atoms with Crippen molar-refractivity contribution in [3.63, 3.8) is 0 Å². The van der Waals surface area contributed by atoms with Gasteiger partial charge in [-0.25, -0.2) is 12.7 Å². The van der Waals surface area contributed by atoms with Gasteiger partial charge in [-0.1, -0.05) is 40.2 Å². The Morgan fingerprint density at radius 3 is 2.63 bits per heavy atom. The van der Waals surface area contributed by atoms with Crippen molar-refractivity contribution in [3.05, 3.63) is 64.1 Å². The van der Waals surface area contributed by atoms with Crippen LogP contribution < -0.4 is 4.74 Å². The minimum atomic E-state index is -3.51. The van der Waals surface area contributed by atoms with Crippen LogP contribution in [0.4, 0.5) is 0 Å². The Hall–Kier alpha value is -1.45. The minimum Gasteiger partial charge on any atom is -0.497 e. The first-order valence-electron chi connectivity index (χ1n) is 9.88. The van der Waals surface area contributed by atoms with E-state index < -0.39 is 15.6 Å². The fraction of sp³-hybridized carbons (Fsp3) is 0.455. The van der Waals surface area contributed by atoms with E-state index in [4.69, 9.17) is 4.74 Å². The second-order valence-corrected chi connectivity index (χ2v) is 11.0. The van der Waals surface area contributed by atoms with Crippen molar-refractivity contribution in [2.24, 2.45) is 5.92 Å². The van der Waals surface area contributed by atoms with E-state index in [0.717, 1.165) is 15.6 Å². The van der Waals surface area contributed by atoms with E-state index >= 15 is 0 Å². The van der Waals surface area contributed by atoms with Crippen molar-refractivity contribution >= 4 is 26.0 Å². The zero-order valence-corrected chi connectivity index (χ0v) is 20.0. The third-order valence-corrected chi connectivity index (χ3v) is 7.94. The van der Waals surface area contributed by atoms with Gasteiger partial charge in [-0.05, 0) is 55.9 Å². The van der Waals surface area contributed by atoms with Gasteiger partial charge in [-0.2, -0.15) is 0 Å². The van der Waals surface area contributed by atoms with Gasteiger partial charge < -0.3 is 14.7 Å². The Kier molecular flexibility index (Phi) is 7.24. The summed E-state index contributed by atoms with van der Waals surface area (Å²) < 4.78 is 34.0. The molecule has 1 heterocycles. The van der Waals surface area contributed by atoms with Gasteiger partial charge in [0.1, 0.15) is 5.75 Å². The maximum Gasteiger partial charge on any atom is 0.218 e. The molecule has 8 heteroatoms. The molecular weight excluding hydrogens is 468 g/mol. The number of rotatable bonds is 7. The number of piperidine rings is 1. The lowest BCUT2D eigenvalue weighted by atomic mass is 9.76. The summed E-state index contributed by atoms with van der Waals surface area (Å²) in [5, 5.41) is 11.7. The van der Waals surface area contributed by atoms with Crippen LogP contribution in [-0.4, -0.2) is 63.6 Å². The molecule has 6 nitrogen and oxygen atoms in total. The summed E-state index contributed by atoms with van der Waals surface area (Å²) in [5.74, 6) is 0.346. The zero-order valence-electron chi connectivity index (χ0n) is 17.6. The van der Waals surface area contributed by atoms with E-state index in [1.54, 1.807) is 7.11 Å². The van der Waals surface area contributed by atoms with Gasteiger partial charge in [0.2, 0.25) is 10.0 Å². The van der Waals surface area contributed by atoms with Crippen LogP contribution in [0.25, 0.3) is 0 Å². The van der Waals surface area contributed by atoms with Crippen molar-refractivity contribution in [1.29, 1.82) is 0 Å². The molecule has 1 fully saturated rings. The summed E-state index contributed by atoms with van der Waals surface area (Å²) >= 11 is 3.40. The van der Waals surface area contributed by atoms with Gasteiger partial charge in [0.15, 0.2) is 0 Å². The molecule has 2 unspecified atom stereocenters. The summed E-state index contributed by atoms with van der Waals surface area (Å²) in [6.45, 7) is 1.10. The number of nitrogens with zero attached hydrogens (tertiary/aromatic N) is 2. The Balaban J connectivity index is 1.86. The number of aliphatic hydroxyl groups is 1. The number of benzene rings is 2. The molecule has 2 aromatic carbocycles. The van der Waals surface area contributed by atoms with E-state index in [-0.39, 0.29) is 24.8 Å². The SMILES string of the molecule is COc1cccc(C2(O)CCN(S(=O)(=O)Cc3cccc(Br)c3)CC2CN(C)C)c1. The molecule has 0 amide bonds. The average Bonchev–Trinajstić information content (AvgIpc) is 2.69. The molecule has 0 aliphatic carbocycles. The molecule has 2 aromatic rings. The lowest BCUT2D eigenvalue weighted by molar-refractivity contribution is -0.0698. The van der Waals surface area contributed by atoms with Crippen LogP contribution >= 0.6 is 15.9 Å². The number of halogens is 1. The number of methoxy groups -OCH3 is 1. The molecule has 0 bridgehead atoms. The molecule has 1 aliphatic heterocycles. The van der Waals surface area contributed by atoms with Crippen LogP contribution in [0.2, 0.25) is 0 Å². The smallest absolute Gasteiger partial charge is 0.218 e. The second-order valence-electron chi connectivity index (χ2n) is 8.11. The Bertz CT molecular complexity index is 983. The topological polar surface area (TPSA) is 70.1 Å². The monoisotopic (exact) mass is 496 g/mol. The van der Waals surface area contributed by atoms with E-state index in [1.165, 1.54) is 4.31 Å². The van der Waals surface area contributed by atoms with Crippen molar-refractivity contribution in [3.8, 4) is 5.75 Å². The van der Waals surface area contributed by atoms with Crippen LogP contribution in [0.15, 0.2) is 53.0 Å². The van der Waals surface area contributed by atoms with Crippen LogP contribution in [0, 0.1) is 5.92 Å². The molecule has 0 radical (unpaired) electrons. The fourth-order valence-corrected chi connectivity index (χ4v) is 6.10. The number of hydrogen-bond acceptors (Lipinski definition) is 5. The second kappa shape index (κ2) is 9.36. The minimum absolute atomic E-state index is 0.0568. The van der Waals surface area contributed by atoms with E-state index in [2.05, 4.69) is 15.9 Å². The van der Waals surface area contributed by atoms with Crippen LogP contribution in [-0.2, 0) is 21.4 Å². The number of ether oxygens (including phenoxy) is 1. The molecule has 2 atom stereocenters. The molecular formula is C22H29BrN2O4S. The molecule has 164 valence electrons. The van der Waals surface area contributed by atoms with Gasteiger partial charge in [0.05, 0.1) is 18.5 Å². The maximum absolute atomic E-state index is 13.1. The van der Waals surface area contributed by atoms with Crippen molar-refractivity contribution in [1.82, 2.24) is 9.21 Å². The standard InChI is InChI=1S/C22H29BrN2O4S/c1-24(2)14-19-15-25(30(27,28)16-17-6-4-8-20(23)12-17)11-10-22(19,26)18-7-5-9-21(13-18)29-3/h4-9,12-13,19,26H,10-11,14-16H2,1-3H3. The third-order valence-electron chi connectivity index (χ3n) is 5.63. The van der Waals surface area contributed by atoms with E-state index in [1.807, 2.05) is 67.5 Å². The summed E-state index contributed by atoms with van der Waals surface area (Å²) in [4.78, 5) is 1.99. The van der Waals surface area contributed by atoms with Crippen molar-refractivity contribution in [2.45, 2.75) is 17.8 Å². The lowest BCUT2D eigenvalue weighted by Gasteiger charge is -2.45. The van der Waals surface area contributed by atoms with Gasteiger partial charge in [0.25, 0.3) is 0 Å².